The zero-order valence-corrected chi connectivity index (χ0v) is 9.42. The summed E-state index contributed by atoms with van der Waals surface area (Å²) < 4.78 is 0. The first kappa shape index (κ1) is 11.4. The van der Waals surface area contributed by atoms with E-state index in [0.717, 1.165) is 4.90 Å². The second-order valence-electron chi connectivity index (χ2n) is 3.18. The van der Waals surface area contributed by atoms with Crippen molar-refractivity contribution in [1.82, 2.24) is 4.98 Å². The molecule has 1 N–H and O–H groups in total. The molecule has 17 heavy (non-hydrogen) atoms. The van der Waals surface area contributed by atoms with Crippen LogP contribution < -0.4 is 0 Å². The second kappa shape index (κ2) is 4.84. The Morgan fingerprint density at radius 3 is 2.59 bits per heavy atom. The number of nitrogens with zero attached hydrogens (tertiary/aromatic N) is 2. The molecule has 2 aromatic rings. The summed E-state index contributed by atoms with van der Waals surface area (Å²) in [7, 11) is 0. The summed E-state index contributed by atoms with van der Waals surface area (Å²) in [4.78, 5) is 15.1. The monoisotopic (exact) mass is 248 g/mol. The predicted octanol–water partition coefficient (Wildman–Crippen LogP) is 2.85. The molecule has 5 nitrogen and oxygen atoms in total. The molecule has 0 fully saturated rings. The van der Waals surface area contributed by atoms with Crippen LogP contribution in [0.4, 0.5) is 5.69 Å². The Labute approximate surface area is 101 Å². The van der Waals surface area contributed by atoms with Crippen LogP contribution >= 0.6 is 11.8 Å². The largest absolute Gasteiger partial charge is 0.508 e. The third-order valence-corrected chi connectivity index (χ3v) is 3.01. The van der Waals surface area contributed by atoms with Crippen molar-refractivity contribution in [2.45, 2.75) is 9.92 Å². The molecule has 0 saturated carbocycles. The minimum Gasteiger partial charge on any atom is -0.508 e. The van der Waals surface area contributed by atoms with Crippen LogP contribution in [-0.4, -0.2) is 15.0 Å². The van der Waals surface area contributed by atoms with Crippen LogP contribution in [0.25, 0.3) is 0 Å². The molecule has 2 rings (SSSR count). The molecule has 0 atom stereocenters. The van der Waals surface area contributed by atoms with E-state index in [2.05, 4.69) is 4.98 Å². The molecule has 0 radical (unpaired) electrons. The first-order valence-electron chi connectivity index (χ1n) is 4.73. The van der Waals surface area contributed by atoms with Gasteiger partial charge in [-0.15, -0.1) is 0 Å². The van der Waals surface area contributed by atoms with Gasteiger partial charge in [0.15, 0.2) is 5.03 Å². The Kier molecular flexibility index (Phi) is 3.24. The SMILES string of the molecule is O=[N+]([O-])c1cccnc1Sc1ccc(O)cc1. The average Bonchev–Trinajstić information content (AvgIpc) is 2.32. The lowest BCUT2D eigenvalue weighted by molar-refractivity contribution is -0.388. The minimum absolute atomic E-state index is 0.0226. The normalized spacial score (nSPS) is 10.1. The standard InChI is InChI=1S/C11H8N2O3S/c14-8-3-5-9(6-4-8)17-11-10(13(15)16)2-1-7-12-11/h1-7,14H. The first-order chi connectivity index (χ1) is 8.16. The summed E-state index contributed by atoms with van der Waals surface area (Å²) in [6.45, 7) is 0. The molecule has 0 bridgehead atoms. The van der Waals surface area contributed by atoms with E-state index in [4.69, 9.17) is 5.11 Å². The van der Waals surface area contributed by atoms with E-state index in [0.29, 0.717) is 5.03 Å². The average molecular weight is 248 g/mol. The maximum absolute atomic E-state index is 10.8. The maximum Gasteiger partial charge on any atom is 0.301 e. The number of aromatic hydroxyl groups is 1. The zero-order chi connectivity index (χ0) is 12.3. The highest BCUT2D eigenvalue weighted by atomic mass is 32.2. The topological polar surface area (TPSA) is 76.3 Å². The highest BCUT2D eigenvalue weighted by Gasteiger charge is 2.14. The Morgan fingerprint density at radius 1 is 1.24 bits per heavy atom. The highest BCUT2D eigenvalue weighted by Crippen LogP contribution is 2.33. The number of pyridine rings is 1. The van der Waals surface area contributed by atoms with Gasteiger partial charge in [0.2, 0.25) is 0 Å². The van der Waals surface area contributed by atoms with Crippen LogP contribution in [0.2, 0.25) is 0 Å². The van der Waals surface area contributed by atoms with Crippen LogP contribution in [0.5, 0.6) is 5.75 Å². The number of aromatic nitrogens is 1. The van der Waals surface area contributed by atoms with E-state index in [1.54, 1.807) is 12.1 Å². The van der Waals surface area contributed by atoms with Crippen molar-refractivity contribution in [1.29, 1.82) is 0 Å². The number of benzene rings is 1. The van der Waals surface area contributed by atoms with Crippen molar-refractivity contribution in [3.63, 3.8) is 0 Å². The van der Waals surface area contributed by atoms with Crippen molar-refractivity contribution >= 4 is 17.4 Å². The summed E-state index contributed by atoms with van der Waals surface area (Å²) in [5.41, 5.74) is -0.0226. The van der Waals surface area contributed by atoms with E-state index in [1.165, 1.54) is 42.2 Å². The van der Waals surface area contributed by atoms with Gasteiger partial charge in [0.1, 0.15) is 5.75 Å². The molecule has 6 heteroatoms. The molecular formula is C11H8N2O3S. The Hall–Kier alpha value is -2.08. The van der Waals surface area contributed by atoms with Gasteiger partial charge in [-0.3, -0.25) is 10.1 Å². The van der Waals surface area contributed by atoms with E-state index < -0.39 is 4.92 Å². The molecule has 86 valence electrons. The highest BCUT2D eigenvalue weighted by molar-refractivity contribution is 7.99. The summed E-state index contributed by atoms with van der Waals surface area (Å²) in [6, 6.07) is 9.35. The number of phenols is 1. The number of nitro groups is 1. The van der Waals surface area contributed by atoms with Crippen LogP contribution in [0.3, 0.4) is 0 Å². The summed E-state index contributed by atoms with van der Waals surface area (Å²) in [5, 5.41) is 20.2. The second-order valence-corrected chi connectivity index (χ2v) is 4.24. The van der Waals surface area contributed by atoms with Gasteiger partial charge in [-0.1, -0.05) is 11.8 Å². The smallest absolute Gasteiger partial charge is 0.301 e. The lowest BCUT2D eigenvalue weighted by Crippen LogP contribution is -1.92. The number of phenolic OH excluding ortho intramolecular Hbond substituents is 1. The molecule has 0 saturated heterocycles. The molecular weight excluding hydrogens is 240 g/mol. The number of hydrogen-bond acceptors (Lipinski definition) is 5. The van der Waals surface area contributed by atoms with Gasteiger partial charge < -0.3 is 5.11 Å². The van der Waals surface area contributed by atoms with Crippen LogP contribution in [0.15, 0.2) is 52.5 Å². The Morgan fingerprint density at radius 2 is 1.94 bits per heavy atom. The molecule has 0 aliphatic rings. The Bertz CT molecular complexity index is 543. The fourth-order valence-electron chi connectivity index (χ4n) is 1.23. The molecule has 1 aromatic carbocycles. The first-order valence-corrected chi connectivity index (χ1v) is 5.55. The molecule has 0 spiro atoms. The van der Waals surface area contributed by atoms with E-state index in [1.807, 2.05) is 0 Å². The lowest BCUT2D eigenvalue weighted by Gasteiger charge is -2.01. The van der Waals surface area contributed by atoms with Crippen LogP contribution in [-0.2, 0) is 0 Å². The van der Waals surface area contributed by atoms with Crippen molar-refractivity contribution < 1.29 is 10.0 Å². The molecule has 1 aromatic heterocycles. The van der Waals surface area contributed by atoms with Gasteiger partial charge in [0, 0.05) is 17.2 Å². The molecule has 0 aliphatic heterocycles. The van der Waals surface area contributed by atoms with Gasteiger partial charge in [-0.25, -0.2) is 4.98 Å². The van der Waals surface area contributed by atoms with Gasteiger partial charge in [0.05, 0.1) is 4.92 Å². The van der Waals surface area contributed by atoms with Crippen LogP contribution in [0, 0.1) is 10.1 Å². The summed E-state index contributed by atoms with van der Waals surface area (Å²) >= 11 is 1.19. The molecule has 0 unspecified atom stereocenters. The van der Waals surface area contributed by atoms with E-state index in [-0.39, 0.29) is 11.4 Å². The van der Waals surface area contributed by atoms with E-state index in [9.17, 15) is 10.1 Å². The maximum atomic E-state index is 10.8. The van der Waals surface area contributed by atoms with Crippen molar-refractivity contribution in [3.8, 4) is 5.75 Å². The van der Waals surface area contributed by atoms with Crippen molar-refractivity contribution in [3.05, 3.63) is 52.7 Å². The van der Waals surface area contributed by atoms with Gasteiger partial charge in [0.25, 0.3) is 0 Å². The number of rotatable bonds is 3. The lowest BCUT2D eigenvalue weighted by atomic mass is 10.3. The fourth-order valence-corrected chi connectivity index (χ4v) is 2.08. The van der Waals surface area contributed by atoms with Gasteiger partial charge >= 0.3 is 5.69 Å². The van der Waals surface area contributed by atoms with E-state index >= 15 is 0 Å². The third kappa shape index (κ3) is 2.73. The quantitative estimate of drug-likeness (QED) is 0.667. The third-order valence-electron chi connectivity index (χ3n) is 2.00. The molecule has 0 amide bonds. The minimum atomic E-state index is -0.463. The fraction of sp³-hybridized carbons (Fsp3) is 0. The summed E-state index contributed by atoms with van der Waals surface area (Å²) in [6.07, 6.45) is 1.51. The van der Waals surface area contributed by atoms with Crippen molar-refractivity contribution in [2.24, 2.45) is 0 Å². The Balaban J connectivity index is 2.30. The summed E-state index contributed by atoms with van der Waals surface area (Å²) in [5.74, 6) is 0.157. The van der Waals surface area contributed by atoms with Crippen molar-refractivity contribution in [2.75, 3.05) is 0 Å². The van der Waals surface area contributed by atoms with Crippen LogP contribution in [0.1, 0.15) is 0 Å². The molecule has 1 heterocycles. The number of hydrogen-bond donors (Lipinski definition) is 1. The van der Waals surface area contributed by atoms with Gasteiger partial charge in [-0.05, 0) is 30.3 Å². The molecule has 0 aliphatic carbocycles. The zero-order valence-electron chi connectivity index (χ0n) is 8.61. The predicted molar refractivity (Wildman–Crippen MR) is 63.1 cm³/mol. The van der Waals surface area contributed by atoms with Gasteiger partial charge in [-0.2, -0.15) is 0 Å².